The van der Waals surface area contributed by atoms with Gasteiger partial charge in [0.2, 0.25) is 0 Å². The fourth-order valence-corrected chi connectivity index (χ4v) is 2.74. The van der Waals surface area contributed by atoms with Gasteiger partial charge in [-0.1, -0.05) is 6.07 Å². The lowest BCUT2D eigenvalue weighted by atomic mass is 10.1. The van der Waals surface area contributed by atoms with Gasteiger partial charge in [-0.25, -0.2) is 9.18 Å². The van der Waals surface area contributed by atoms with Crippen molar-refractivity contribution >= 4 is 23.3 Å². The Labute approximate surface area is 172 Å². The van der Waals surface area contributed by atoms with Crippen molar-refractivity contribution in [1.29, 1.82) is 0 Å². The number of ether oxygens (including phenoxy) is 1. The summed E-state index contributed by atoms with van der Waals surface area (Å²) < 4.78 is 23.2. The van der Waals surface area contributed by atoms with Crippen LogP contribution in [0.25, 0.3) is 0 Å². The van der Waals surface area contributed by atoms with E-state index in [0.717, 1.165) is 5.56 Å². The minimum Gasteiger partial charge on any atom is -0.462 e. The highest BCUT2D eigenvalue weighted by molar-refractivity contribution is 6.03. The number of ketones is 1. The van der Waals surface area contributed by atoms with Gasteiger partial charge in [-0.2, -0.15) is 0 Å². The Morgan fingerprint density at radius 2 is 1.77 bits per heavy atom. The number of rotatable bonds is 8. The van der Waals surface area contributed by atoms with Gasteiger partial charge in [0, 0.05) is 17.7 Å². The van der Waals surface area contributed by atoms with Crippen molar-refractivity contribution in [1.82, 2.24) is 0 Å². The second kappa shape index (κ2) is 9.65. The molecule has 2 aromatic carbocycles. The van der Waals surface area contributed by atoms with E-state index in [-0.39, 0.29) is 30.1 Å². The molecule has 0 radical (unpaired) electrons. The number of carbonyl (C=O) groups excluding carboxylic acids is 3. The fraction of sp³-hybridized carbons (Fsp3) is 0.174. The third-order valence-electron chi connectivity index (χ3n) is 4.41. The Balaban J connectivity index is 1.52. The molecule has 0 bridgehead atoms. The molecule has 0 aliphatic rings. The minimum absolute atomic E-state index is 0.0632. The van der Waals surface area contributed by atoms with E-state index in [1.54, 1.807) is 25.1 Å². The molecule has 3 aromatic rings. The highest BCUT2D eigenvalue weighted by Crippen LogP contribution is 2.19. The van der Waals surface area contributed by atoms with Gasteiger partial charge in [0.05, 0.1) is 18.4 Å². The van der Waals surface area contributed by atoms with Crippen LogP contribution in [0.1, 0.15) is 49.7 Å². The molecule has 0 aliphatic carbocycles. The van der Waals surface area contributed by atoms with Gasteiger partial charge in [0.1, 0.15) is 5.82 Å². The molecular formula is C23H20FNO5. The summed E-state index contributed by atoms with van der Waals surface area (Å²) in [5.41, 5.74) is 1.94. The first-order valence-electron chi connectivity index (χ1n) is 9.35. The van der Waals surface area contributed by atoms with Crippen molar-refractivity contribution in [3.8, 4) is 0 Å². The van der Waals surface area contributed by atoms with Gasteiger partial charge in [-0.3, -0.25) is 9.59 Å². The SMILES string of the molecule is Cc1ccc(C(=O)OCCCC(=O)c2ccc(F)cc2)cc1NC(=O)c1ccco1. The number of anilines is 1. The number of esters is 1. The van der Waals surface area contributed by atoms with E-state index in [9.17, 15) is 18.8 Å². The van der Waals surface area contributed by atoms with Crippen LogP contribution in [-0.4, -0.2) is 24.3 Å². The van der Waals surface area contributed by atoms with Gasteiger partial charge in [0.25, 0.3) is 5.91 Å². The second-order valence-corrected chi connectivity index (χ2v) is 6.63. The Hall–Kier alpha value is -3.74. The zero-order valence-corrected chi connectivity index (χ0v) is 16.3. The standard InChI is InChI=1S/C23H20FNO5/c1-15-6-7-17(14-19(15)25-22(27)21-5-3-12-29-21)23(28)30-13-2-4-20(26)16-8-10-18(24)11-9-16/h3,5-12,14H,2,4,13H2,1H3,(H,25,27). The highest BCUT2D eigenvalue weighted by Gasteiger charge is 2.14. The molecule has 6 nitrogen and oxygen atoms in total. The molecular weight excluding hydrogens is 389 g/mol. The van der Waals surface area contributed by atoms with Crippen molar-refractivity contribution in [3.05, 3.63) is 89.1 Å². The fourth-order valence-electron chi connectivity index (χ4n) is 2.74. The van der Waals surface area contributed by atoms with Crippen LogP contribution in [0.3, 0.4) is 0 Å². The molecule has 0 atom stereocenters. The van der Waals surface area contributed by atoms with E-state index in [1.165, 1.54) is 42.7 Å². The highest BCUT2D eigenvalue weighted by atomic mass is 19.1. The number of aryl methyl sites for hydroxylation is 1. The minimum atomic E-state index is -0.558. The molecule has 1 N–H and O–H groups in total. The summed E-state index contributed by atoms with van der Waals surface area (Å²) in [4.78, 5) is 36.5. The zero-order valence-electron chi connectivity index (χ0n) is 16.3. The smallest absolute Gasteiger partial charge is 0.338 e. The molecule has 154 valence electrons. The molecule has 1 heterocycles. The van der Waals surface area contributed by atoms with E-state index in [4.69, 9.17) is 9.15 Å². The molecule has 1 amide bonds. The topological polar surface area (TPSA) is 85.6 Å². The maximum Gasteiger partial charge on any atom is 0.338 e. The van der Waals surface area contributed by atoms with Gasteiger partial charge < -0.3 is 14.5 Å². The molecule has 30 heavy (non-hydrogen) atoms. The number of amides is 1. The molecule has 3 rings (SSSR count). The van der Waals surface area contributed by atoms with E-state index >= 15 is 0 Å². The summed E-state index contributed by atoms with van der Waals surface area (Å²) in [5.74, 6) is -1.37. The lowest BCUT2D eigenvalue weighted by Crippen LogP contribution is -2.13. The molecule has 0 fully saturated rings. The first-order valence-corrected chi connectivity index (χ1v) is 9.35. The van der Waals surface area contributed by atoms with Crippen molar-refractivity contribution in [2.75, 3.05) is 11.9 Å². The van der Waals surface area contributed by atoms with Crippen LogP contribution in [-0.2, 0) is 4.74 Å². The van der Waals surface area contributed by atoms with Crippen LogP contribution in [0.4, 0.5) is 10.1 Å². The van der Waals surface area contributed by atoms with Crippen molar-refractivity contribution in [2.45, 2.75) is 19.8 Å². The van der Waals surface area contributed by atoms with Gasteiger partial charge in [-0.05, 0) is 67.4 Å². The molecule has 0 saturated heterocycles. The first-order chi connectivity index (χ1) is 14.4. The third-order valence-corrected chi connectivity index (χ3v) is 4.41. The maximum absolute atomic E-state index is 12.9. The Morgan fingerprint density at radius 3 is 2.47 bits per heavy atom. The molecule has 0 spiro atoms. The maximum atomic E-state index is 12.9. The van der Waals surface area contributed by atoms with E-state index < -0.39 is 17.7 Å². The number of halogens is 1. The van der Waals surface area contributed by atoms with Crippen LogP contribution in [0.5, 0.6) is 0 Å². The van der Waals surface area contributed by atoms with Gasteiger partial charge in [0.15, 0.2) is 11.5 Å². The molecule has 0 aliphatic heterocycles. The van der Waals surface area contributed by atoms with Crippen LogP contribution in [0.15, 0.2) is 65.3 Å². The zero-order chi connectivity index (χ0) is 21.5. The van der Waals surface area contributed by atoms with Gasteiger partial charge >= 0.3 is 5.97 Å². The average Bonchev–Trinajstić information content (AvgIpc) is 3.28. The lowest BCUT2D eigenvalue weighted by molar-refractivity contribution is 0.0494. The number of hydrogen-bond donors (Lipinski definition) is 1. The van der Waals surface area contributed by atoms with E-state index in [2.05, 4.69) is 5.32 Å². The first kappa shape index (κ1) is 21.0. The van der Waals surface area contributed by atoms with Crippen LogP contribution < -0.4 is 5.32 Å². The predicted octanol–water partition coefficient (Wildman–Crippen LogP) is 4.80. The summed E-state index contributed by atoms with van der Waals surface area (Å²) >= 11 is 0. The molecule has 7 heteroatoms. The van der Waals surface area contributed by atoms with Crippen LogP contribution in [0, 0.1) is 12.7 Å². The number of nitrogens with one attached hydrogen (secondary N) is 1. The summed E-state index contributed by atoms with van der Waals surface area (Å²) in [7, 11) is 0. The van der Waals surface area contributed by atoms with E-state index in [0.29, 0.717) is 17.7 Å². The third kappa shape index (κ3) is 5.41. The number of furan rings is 1. The molecule has 0 unspecified atom stereocenters. The Morgan fingerprint density at radius 1 is 1.03 bits per heavy atom. The van der Waals surface area contributed by atoms with E-state index in [1.807, 2.05) is 0 Å². The second-order valence-electron chi connectivity index (χ2n) is 6.63. The summed E-state index contributed by atoms with van der Waals surface area (Å²) in [6, 6.07) is 13.3. The summed E-state index contributed by atoms with van der Waals surface area (Å²) in [6.45, 7) is 1.86. The molecule has 1 aromatic heterocycles. The number of carbonyl (C=O) groups is 3. The van der Waals surface area contributed by atoms with Crippen molar-refractivity contribution < 1.29 is 27.9 Å². The lowest BCUT2D eigenvalue weighted by Gasteiger charge is -2.10. The number of hydrogen-bond acceptors (Lipinski definition) is 5. The predicted molar refractivity (Wildman–Crippen MR) is 108 cm³/mol. The van der Waals surface area contributed by atoms with Gasteiger partial charge in [-0.15, -0.1) is 0 Å². The molecule has 0 saturated carbocycles. The average molecular weight is 409 g/mol. The summed E-state index contributed by atoms with van der Waals surface area (Å²) in [5, 5.41) is 2.70. The van der Waals surface area contributed by atoms with Crippen molar-refractivity contribution in [2.24, 2.45) is 0 Å². The monoisotopic (exact) mass is 409 g/mol. The number of Topliss-reactive ketones (excluding diaryl/α,β-unsaturated/α-hetero) is 1. The quantitative estimate of drug-likeness (QED) is 0.328. The summed E-state index contributed by atoms with van der Waals surface area (Å²) in [6.07, 6.45) is 1.92. The largest absolute Gasteiger partial charge is 0.462 e. The van der Waals surface area contributed by atoms with Crippen molar-refractivity contribution in [3.63, 3.8) is 0 Å². The Kier molecular flexibility index (Phi) is 6.75. The number of benzene rings is 2. The normalized spacial score (nSPS) is 10.5. The Bertz CT molecular complexity index is 1040. The van der Waals surface area contributed by atoms with Crippen LogP contribution >= 0.6 is 0 Å². The van der Waals surface area contributed by atoms with Crippen LogP contribution in [0.2, 0.25) is 0 Å².